The van der Waals surface area contributed by atoms with Gasteiger partial charge in [-0.25, -0.2) is 0 Å². The lowest BCUT2D eigenvalue weighted by molar-refractivity contribution is 0.130. The molecule has 5 heteroatoms. The second-order valence-electron chi connectivity index (χ2n) is 5.32. The topological polar surface area (TPSA) is 42.2 Å². The Kier molecular flexibility index (Phi) is 3.66. The van der Waals surface area contributed by atoms with Gasteiger partial charge in [0.2, 0.25) is 5.89 Å². The summed E-state index contributed by atoms with van der Waals surface area (Å²) in [4.78, 5) is 3.48. The molecule has 0 amide bonds. The van der Waals surface area contributed by atoms with Gasteiger partial charge < -0.3 is 4.42 Å². The number of thiophene rings is 1. The minimum Gasteiger partial charge on any atom is -0.418 e. The van der Waals surface area contributed by atoms with Crippen molar-refractivity contribution in [2.24, 2.45) is 5.92 Å². The molecule has 1 aliphatic rings. The van der Waals surface area contributed by atoms with Crippen molar-refractivity contribution in [3.63, 3.8) is 0 Å². The van der Waals surface area contributed by atoms with Gasteiger partial charge in [0.05, 0.1) is 10.9 Å². The monoisotopic (exact) mass is 277 g/mol. The van der Waals surface area contributed by atoms with Crippen LogP contribution in [0.3, 0.4) is 0 Å². The third-order valence-electron chi connectivity index (χ3n) is 3.90. The maximum atomic E-state index is 5.82. The van der Waals surface area contributed by atoms with Crippen LogP contribution >= 0.6 is 11.3 Å². The summed E-state index contributed by atoms with van der Waals surface area (Å²) < 4.78 is 5.82. The summed E-state index contributed by atoms with van der Waals surface area (Å²) in [6.07, 6.45) is 2.52. The summed E-state index contributed by atoms with van der Waals surface area (Å²) in [5, 5.41) is 10.4. The lowest BCUT2D eigenvalue weighted by Gasteiger charge is -2.33. The smallest absolute Gasteiger partial charge is 0.257 e. The molecule has 3 rings (SSSR count). The quantitative estimate of drug-likeness (QED) is 0.859. The highest BCUT2D eigenvalue weighted by atomic mass is 32.1. The van der Waals surface area contributed by atoms with Gasteiger partial charge in [-0.2, -0.15) is 0 Å². The van der Waals surface area contributed by atoms with E-state index in [0.717, 1.165) is 29.8 Å². The number of aromatic nitrogens is 2. The molecule has 0 saturated carbocycles. The zero-order chi connectivity index (χ0) is 13.2. The van der Waals surface area contributed by atoms with Gasteiger partial charge in [0.25, 0.3) is 5.89 Å². The molecule has 0 spiro atoms. The lowest BCUT2D eigenvalue weighted by Crippen LogP contribution is -2.35. The number of hydrogen-bond acceptors (Lipinski definition) is 5. The fourth-order valence-corrected chi connectivity index (χ4v) is 3.12. The Balaban J connectivity index is 1.72. The number of rotatable bonds is 3. The molecule has 2 aromatic heterocycles. The van der Waals surface area contributed by atoms with E-state index in [1.54, 1.807) is 11.3 Å². The largest absolute Gasteiger partial charge is 0.418 e. The van der Waals surface area contributed by atoms with E-state index in [1.165, 1.54) is 12.8 Å². The van der Waals surface area contributed by atoms with Gasteiger partial charge in [-0.1, -0.05) is 13.0 Å². The van der Waals surface area contributed by atoms with E-state index in [0.29, 0.717) is 5.89 Å². The van der Waals surface area contributed by atoms with Crippen LogP contribution in [-0.4, -0.2) is 28.2 Å². The maximum absolute atomic E-state index is 5.82. The van der Waals surface area contributed by atoms with Crippen molar-refractivity contribution in [2.75, 3.05) is 13.1 Å². The average Bonchev–Trinajstić information content (AvgIpc) is 3.10. The van der Waals surface area contributed by atoms with Gasteiger partial charge in [0.15, 0.2) is 0 Å². The summed E-state index contributed by atoms with van der Waals surface area (Å²) in [6.45, 7) is 6.73. The van der Waals surface area contributed by atoms with Crippen LogP contribution in [0.2, 0.25) is 0 Å². The highest BCUT2D eigenvalue weighted by Gasteiger charge is 2.25. The molecule has 0 N–H and O–H groups in total. The van der Waals surface area contributed by atoms with Crippen LogP contribution < -0.4 is 0 Å². The normalized spacial score (nSPS) is 19.7. The zero-order valence-corrected chi connectivity index (χ0v) is 12.2. The number of likely N-dealkylation sites (tertiary alicyclic amines) is 1. The lowest BCUT2D eigenvalue weighted by atomic mass is 9.98. The van der Waals surface area contributed by atoms with Crippen LogP contribution in [0, 0.1) is 5.92 Å². The SMILES string of the molecule is CC1CCN(C(C)c2nnc(-c3cccs3)o2)CC1. The molecule has 1 atom stereocenters. The Morgan fingerprint density at radius 2 is 2.16 bits per heavy atom. The molecule has 1 fully saturated rings. The van der Waals surface area contributed by atoms with Crippen molar-refractivity contribution in [3.8, 4) is 10.8 Å². The Labute approximate surface area is 117 Å². The van der Waals surface area contributed by atoms with Crippen molar-refractivity contribution in [1.82, 2.24) is 15.1 Å². The third kappa shape index (κ3) is 2.72. The van der Waals surface area contributed by atoms with Crippen LogP contribution in [0.5, 0.6) is 0 Å². The van der Waals surface area contributed by atoms with E-state index in [1.807, 2.05) is 17.5 Å². The molecule has 0 bridgehead atoms. The number of piperidine rings is 1. The van der Waals surface area contributed by atoms with Gasteiger partial charge in [-0.3, -0.25) is 4.90 Å². The maximum Gasteiger partial charge on any atom is 0.257 e. The van der Waals surface area contributed by atoms with Gasteiger partial charge in [0, 0.05) is 0 Å². The first kappa shape index (κ1) is 12.8. The van der Waals surface area contributed by atoms with Gasteiger partial charge in [-0.15, -0.1) is 21.5 Å². The fourth-order valence-electron chi connectivity index (χ4n) is 2.48. The first-order chi connectivity index (χ1) is 9.24. The highest BCUT2D eigenvalue weighted by molar-refractivity contribution is 7.13. The Morgan fingerprint density at radius 3 is 2.84 bits per heavy atom. The molecule has 0 aliphatic carbocycles. The van der Waals surface area contributed by atoms with E-state index >= 15 is 0 Å². The Morgan fingerprint density at radius 1 is 1.37 bits per heavy atom. The van der Waals surface area contributed by atoms with Gasteiger partial charge in [0.1, 0.15) is 0 Å². The molecule has 102 valence electrons. The summed E-state index contributed by atoms with van der Waals surface area (Å²) in [7, 11) is 0. The minimum atomic E-state index is 0.216. The second-order valence-corrected chi connectivity index (χ2v) is 6.26. The average molecular weight is 277 g/mol. The van der Waals surface area contributed by atoms with Crippen molar-refractivity contribution in [2.45, 2.75) is 32.7 Å². The fraction of sp³-hybridized carbons (Fsp3) is 0.571. The molecule has 0 aromatic carbocycles. The first-order valence-electron chi connectivity index (χ1n) is 6.85. The van der Waals surface area contributed by atoms with Crippen LogP contribution in [0.1, 0.15) is 38.6 Å². The summed E-state index contributed by atoms with van der Waals surface area (Å²) in [5.74, 6) is 2.22. The molecule has 1 aliphatic heterocycles. The zero-order valence-electron chi connectivity index (χ0n) is 11.4. The minimum absolute atomic E-state index is 0.216. The third-order valence-corrected chi connectivity index (χ3v) is 4.75. The molecule has 2 aromatic rings. The van der Waals surface area contributed by atoms with Crippen molar-refractivity contribution in [3.05, 3.63) is 23.4 Å². The van der Waals surface area contributed by atoms with E-state index in [2.05, 4.69) is 28.9 Å². The first-order valence-corrected chi connectivity index (χ1v) is 7.73. The molecule has 1 saturated heterocycles. The molecule has 4 nitrogen and oxygen atoms in total. The van der Waals surface area contributed by atoms with Crippen LogP contribution in [0.15, 0.2) is 21.9 Å². The van der Waals surface area contributed by atoms with Gasteiger partial charge in [-0.05, 0) is 50.2 Å². The predicted octanol–water partition coefficient (Wildman–Crippen LogP) is 3.59. The molecule has 3 heterocycles. The number of nitrogens with zero attached hydrogens (tertiary/aromatic N) is 3. The summed E-state index contributed by atoms with van der Waals surface area (Å²) in [5.41, 5.74) is 0. The van der Waals surface area contributed by atoms with Gasteiger partial charge >= 0.3 is 0 Å². The van der Waals surface area contributed by atoms with Crippen LogP contribution in [-0.2, 0) is 0 Å². The molecular weight excluding hydrogens is 258 g/mol. The predicted molar refractivity (Wildman–Crippen MR) is 76.0 cm³/mol. The Hall–Kier alpha value is -1.20. The molecule has 19 heavy (non-hydrogen) atoms. The number of hydrogen-bond donors (Lipinski definition) is 0. The van der Waals surface area contributed by atoms with Crippen molar-refractivity contribution < 1.29 is 4.42 Å². The van der Waals surface area contributed by atoms with E-state index in [-0.39, 0.29) is 6.04 Å². The summed E-state index contributed by atoms with van der Waals surface area (Å²) >= 11 is 1.63. The van der Waals surface area contributed by atoms with Crippen molar-refractivity contribution >= 4 is 11.3 Å². The standard InChI is InChI=1S/C14H19N3OS/c1-10-5-7-17(8-6-10)11(2)13-15-16-14(18-13)12-4-3-9-19-12/h3-4,9-11H,5-8H2,1-2H3. The van der Waals surface area contributed by atoms with E-state index in [4.69, 9.17) is 4.42 Å². The molecule has 1 unspecified atom stereocenters. The highest BCUT2D eigenvalue weighted by Crippen LogP contribution is 2.29. The molecular formula is C14H19N3OS. The van der Waals surface area contributed by atoms with Crippen LogP contribution in [0.4, 0.5) is 0 Å². The van der Waals surface area contributed by atoms with E-state index in [9.17, 15) is 0 Å². The van der Waals surface area contributed by atoms with Crippen molar-refractivity contribution in [1.29, 1.82) is 0 Å². The second kappa shape index (κ2) is 5.43. The van der Waals surface area contributed by atoms with E-state index < -0.39 is 0 Å². The molecule has 0 radical (unpaired) electrons. The Bertz CT molecular complexity index is 515. The van der Waals surface area contributed by atoms with Crippen LogP contribution in [0.25, 0.3) is 10.8 Å². The summed E-state index contributed by atoms with van der Waals surface area (Å²) in [6, 6.07) is 4.22.